The molecule has 0 saturated carbocycles. The van der Waals surface area contributed by atoms with E-state index in [0.717, 1.165) is 5.56 Å². The number of carbonyl (C=O) groups is 2. The van der Waals surface area contributed by atoms with Gasteiger partial charge in [-0.15, -0.1) is 0 Å². The summed E-state index contributed by atoms with van der Waals surface area (Å²) < 4.78 is 10.6. The summed E-state index contributed by atoms with van der Waals surface area (Å²) in [4.78, 5) is 26.9. The summed E-state index contributed by atoms with van der Waals surface area (Å²) in [6.07, 6.45) is 3.13. The molecule has 0 saturated heterocycles. The summed E-state index contributed by atoms with van der Waals surface area (Å²) in [7, 11) is 0. The van der Waals surface area contributed by atoms with E-state index >= 15 is 0 Å². The number of benzene rings is 2. The normalized spacial score (nSPS) is 10.3. The van der Waals surface area contributed by atoms with Crippen LogP contribution in [-0.4, -0.2) is 23.4 Å². The lowest BCUT2D eigenvalue weighted by atomic mass is 10.1. The third kappa shape index (κ3) is 4.47. The van der Waals surface area contributed by atoms with Crippen LogP contribution in [0.5, 0.6) is 5.75 Å². The van der Waals surface area contributed by atoms with Crippen LogP contribution in [0, 0.1) is 0 Å². The molecule has 0 aliphatic carbocycles. The van der Waals surface area contributed by atoms with Crippen LogP contribution in [0.15, 0.2) is 65.5 Å². The number of rotatable bonds is 7. The molecule has 2 aromatic carbocycles. The van der Waals surface area contributed by atoms with Gasteiger partial charge in [-0.25, -0.2) is 4.98 Å². The molecular weight excluding hydrogens is 334 g/mol. The zero-order chi connectivity index (χ0) is 18.4. The molecule has 26 heavy (non-hydrogen) atoms. The van der Waals surface area contributed by atoms with Crippen molar-refractivity contribution in [2.45, 2.75) is 6.42 Å². The molecule has 0 aliphatic rings. The molecule has 3 aromatic rings. The van der Waals surface area contributed by atoms with Crippen molar-refractivity contribution in [3.63, 3.8) is 0 Å². The predicted octanol–water partition coefficient (Wildman–Crippen LogP) is 2.85. The first-order valence-electron chi connectivity index (χ1n) is 7.93. The van der Waals surface area contributed by atoms with E-state index in [1.54, 1.807) is 54.7 Å². The first-order chi connectivity index (χ1) is 12.6. The average molecular weight is 351 g/mol. The van der Waals surface area contributed by atoms with Crippen molar-refractivity contribution in [3.05, 3.63) is 66.7 Å². The van der Waals surface area contributed by atoms with E-state index in [1.165, 1.54) is 6.39 Å². The number of oxazole rings is 1. The maximum absolute atomic E-state index is 12.3. The van der Waals surface area contributed by atoms with Gasteiger partial charge in [0.25, 0.3) is 5.91 Å². The minimum atomic E-state index is -0.414. The van der Waals surface area contributed by atoms with Crippen LogP contribution >= 0.6 is 0 Å². The van der Waals surface area contributed by atoms with Gasteiger partial charge in [0.2, 0.25) is 5.91 Å². The summed E-state index contributed by atoms with van der Waals surface area (Å²) in [5, 5.41) is 2.81. The number of nitrogens with one attached hydrogen (secondary N) is 1. The second kappa shape index (κ2) is 7.98. The lowest BCUT2D eigenvalue weighted by Gasteiger charge is -2.08. The van der Waals surface area contributed by atoms with Gasteiger partial charge in [-0.1, -0.05) is 12.1 Å². The number of aromatic nitrogens is 1. The SMILES string of the molecule is NC(=O)CCOc1ccc(NC(=O)c2ccc(-c3cnco3)cc2)cc1. The van der Waals surface area contributed by atoms with Crippen molar-refractivity contribution in [1.82, 2.24) is 4.98 Å². The number of carbonyl (C=O) groups excluding carboxylic acids is 2. The predicted molar refractivity (Wildman–Crippen MR) is 95.6 cm³/mol. The van der Waals surface area contributed by atoms with Gasteiger partial charge in [0.15, 0.2) is 12.2 Å². The molecular formula is C19H17N3O4. The Balaban J connectivity index is 1.58. The second-order valence-electron chi connectivity index (χ2n) is 5.49. The molecule has 7 heteroatoms. The van der Waals surface area contributed by atoms with Crippen molar-refractivity contribution in [1.29, 1.82) is 0 Å². The van der Waals surface area contributed by atoms with Crippen molar-refractivity contribution in [2.24, 2.45) is 5.73 Å². The lowest BCUT2D eigenvalue weighted by molar-refractivity contribution is -0.118. The summed E-state index contributed by atoms with van der Waals surface area (Å²) in [6, 6.07) is 13.9. The van der Waals surface area contributed by atoms with E-state index in [1.807, 2.05) is 0 Å². The van der Waals surface area contributed by atoms with Gasteiger partial charge >= 0.3 is 0 Å². The van der Waals surface area contributed by atoms with E-state index < -0.39 is 5.91 Å². The number of amides is 2. The average Bonchev–Trinajstić information content (AvgIpc) is 3.18. The Morgan fingerprint density at radius 1 is 1.08 bits per heavy atom. The Morgan fingerprint density at radius 3 is 2.42 bits per heavy atom. The molecule has 3 N–H and O–H groups in total. The van der Waals surface area contributed by atoms with Gasteiger partial charge in [0.1, 0.15) is 5.75 Å². The van der Waals surface area contributed by atoms with Gasteiger partial charge in [0.05, 0.1) is 19.2 Å². The topological polar surface area (TPSA) is 107 Å². The van der Waals surface area contributed by atoms with Crippen molar-refractivity contribution in [3.8, 4) is 17.1 Å². The molecule has 1 aromatic heterocycles. The fourth-order valence-corrected chi connectivity index (χ4v) is 2.25. The van der Waals surface area contributed by atoms with Crippen LogP contribution in [0.1, 0.15) is 16.8 Å². The third-order valence-corrected chi connectivity index (χ3v) is 3.59. The third-order valence-electron chi connectivity index (χ3n) is 3.59. The number of ether oxygens (including phenoxy) is 1. The van der Waals surface area contributed by atoms with E-state index in [2.05, 4.69) is 10.3 Å². The summed E-state index contributed by atoms with van der Waals surface area (Å²) in [5.41, 5.74) is 7.06. The van der Waals surface area contributed by atoms with Crippen LogP contribution in [0.4, 0.5) is 5.69 Å². The van der Waals surface area contributed by atoms with Gasteiger partial charge in [0, 0.05) is 16.8 Å². The van der Waals surface area contributed by atoms with Crippen LogP contribution < -0.4 is 15.8 Å². The van der Waals surface area contributed by atoms with Crippen LogP contribution in [0.25, 0.3) is 11.3 Å². The molecule has 7 nitrogen and oxygen atoms in total. The largest absolute Gasteiger partial charge is 0.493 e. The molecule has 0 radical (unpaired) electrons. The summed E-state index contributed by atoms with van der Waals surface area (Å²) in [6.45, 7) is 0.221. The Hall–Kier alpha value is -3.61. The first-order valence-corrected chi connectivity index (χ1v) is 7.93. The number of anilines is 1. The quantitative estimate of drug-likeness (QED) is 0.680. The number of nitrogens with zero attached hydrogens (tertiary/aromatic N) is 1. The van der Waals surface area contributed by atoms with E-state index in [9.17, 15) is 9.59 Å². The van der Waals surface area contributed by atoms with Gasteiger partial charge in [-0.2, -0.15) is 0 Å². The maximum atomic E-state index is 12.3. The fraction of sp³-hybridized carbons (Fsp3) is 0.105. The zero-order valence-electron chi connectivity index (χ0n) is 13.8. The van der Waals surface area contributed by atoms with E-state index in [0.29, 0.717) is 22.8 Å². The van der Waals surface area contributed by atoms with Crippen LogP contribution in [0.2, 0.25) is 0 Å². The summed E-state index contributed by atoms with van der Waals surface area (Å²) in [5.74, 6) is 0.601. The number of hydrogen-bond acceptors (Lipinski definition) is 5. The minimum absolute atomic E-state index is 0.155. The zero-order valence-corrected chi connectivity index (χ0v) is 13.8. The monoisotopic (exact) mass is 351 g/mol. The molecule has 0 spiro atoms. The molecule has 0 bridgehead atoms. The maximum Gasteiger partial charge on any atom is 0.255 e. The highest BCUT2D eigenvalue weighted by atomic mass is 16.5. The molecule has 0 aliphatic heterocycles. The molecule has 132 valence electrons. The highest BCUT2D eigenvalue weighted by Crippen LogP contribution is 2.20. The van der Waals surface area contributed by atoms with Crippen molar-refractivity contribution in [2.75, 3.05) is 11.9 Å². The number of hydrogen-bond donors (Lipinski definition) is 2. The van der Waals surface area contributed by atoms with E-state index in [-0.39, 0.29) is 18.9 Å². The van der Waals surface area contributed by atoms with Gasteiger partial charge in [-0.05, 0) is 36.4 Å². The van der Waals surface area contributed by atoms with Crippen molar-refractivity contribution >= 4 is 17.5 Å². The Labute approximate surface area is 149 Å². The van der Waals surface area contributed by atoms with E-state index in [4.69, 9.17) is 14.9 Å². The van der Waals surface area contributed by atoms with Crippen molar-refractivity contribution < 1.29 is 18.7 Å². The first kappa shape index (κ1) is 17.2. The van der Waals surface area contributed by atoms with Gasteiger partial charge in [-0.3, -0.25) is 9.59 Å². The number of primary amides is 1. The number of nitrogens with two attached hydrogens (primary N) is 1. The molecule has 0 atom stereocenters. The highest BCUT2D eigenvalue weighted by Gasteiger charge is 2.08. The molecule has 0 fully saturated rings. The highest BCUT2D eigenvalue weighted by molar-refractivity contribution is 6.04. The van der Waals surface area contributed by atoms with Crippen LogP contribution in [-0.2, 0) is 4.79 Å². The Morgan fingerprint density at radius 2 is 1.81 bits per heavy atom. The smallest absolute Gasteiger partial charge is 0.255 e. The Bertz CT molecular complexity index is 872. The standard InChI is InChI=1S/C19H17N3O4/c20-18(23)9-10-25-16-7-5-15(6-8-16)22-19(24)14-3-1-13(2-4-14)17-11-21-12-26-17/h1-8,11-12H,9-10H2,(H2,20,23)(H,22,24). The lowest BCUT2D eigenvalue weighted by Crippen LogP contribution is -2.14. The molecule has 0 unspecified atom stereocenters. The minimum Gasteiger partial charge on any atom is -0.493 e. The molecule has 3 rings (SSSR count). The second-order valence-corrected chi connectivity index (χ2v) is 5.49. The molecule has 2 amide bonds. The Kier molecular flexibility index (Phi) is 5.28. The van der Waals surface area contributed by atoms with Crippen LogP contribution in [0.3, 0.4) is 0 Å². The fourth-order valence-electron chi connectivity index (χ4n) is 2.25. The summed E-state index contributed by atoms with van der Waals surface area (Å²) >= 11 is 0. The van der Waals surface area contributed by atoms with Gasteiger partial charge < -0.3 is 20.2 Å². The molecule has 1 heterocycles.